The molecule has 1 heterocycles. The van der Waals surface area contributed by atoms with Gasteiger partial charge in [0.1, 0.15) is 10.7 Å². The van der Waals surface area contributed by atoms with Crippen LogP contribution >= 0.6 is 11.3 Å². The second-order valence-corrected chi connectivity index (χ2v) is 5.37. The second-order valence-electron chi connectivity index (χ2n) is 4.32. The third-order valence-corrected chi connectivity index (χ3v) is 4.10. The predicted octanol–water partition coefficient (Wildman–Crippen LogP) is 1.91. The Hall–Kier alpha value is -1.66. The third kappa shape index (κ3) is 2.69. The van der Waals surface area contributed by atoms with Crippen LogP contribution in [-0.2, 0) is 0 Å². The van der Waals surface area contributed by atoms with Gasteiger partial charge in [0.05, 0.1) is 5.69 Å². The molecule has 4 nitrogen and oxygen atoms in total. The first kappa shape index (κ1) is 13.8. The van der Waals surface area contributed by atoms with Gasteiger partial charge in [0.25, 0.3) is 5.91 Å². The van der Waals surface area contributed by atoms with Crippen molar-refractivity contribution in [1.82, 2.24) is 10.2 Å². The summed E-state index contributed by atoms with van der Waals surface area (Å²) < 4.78 is 14.0. The number of rotatable bonds is 4. The molecule has 0 unspecified atom stereocenters. The molecule has 0 spiro atoms. The van der Waals surface area contributed by atoms with Crippen molar-refractivity contribution in [3.05, 3.63) is 28.9 Å². The average Bonchev–Trinajstić information content (AvgIpc) is 2.72. The molecule has 2 aromatic rings. The molecule has 1 aromatic heterocycles. The summed E-state index contributed by atoms with van der Waals surface area (Å²) in [6, 6.07) is 4.39. The lowest BCUT2D eigenvalue weighted by molar-refractivity contribution is 0.0802. The Labute approximate surface area is 115 Å². The second kappa shape index (κ2) is 5.54. The number of hydrogen-bond acceptors (Lipinski definition) is 4. The molecule has 0 atom stereocenters. The number of nitrogens with zero attached hydrogens (tertiary/aromatic N) is 1. The fraction of sp³-hybridized carbons (Fsp3) is 0.308. The van der Waals surface area contributed by atoms with Crippen molar-refractivity contribution < 1.29 is 9.18 Å². The number of carbonyl (C=O) groups is 1. The van der Waals surface area contributed by atoms with Gasteiger partial charge < -0.3 is 16.0 Å². The van der Waals surface area contributed by atoms with E-state index in [0.717, 1.165) is 4.70 Å². The van der Waals surface area contributed by atoms with Gasteiger partial charge in [-0.05, 0) is 25.2 Å². The van der Waals surface area contributed by atoms with Crippen LogP contribution in [0.4, 0.5) is 10.1 Å². The standard InChI is InChI=1S/C13H16FN3OS/c1-16-5-6-17(2)13(18)12-11(15)9-7-8(14)3-4-10(9)19-12/h3-4,7,16H,5-6,15H2,1-2H3. The fourth-order valence-electron chi connectivity index (χ4n) is 1.80. The van der Waals surface area contributed by atoms with Crippen LogP contribution in [0.2, 0.25) is 0 Å². The molecule has 0 saturated heterocycles. The summed E-state index contributed by atoms with van der Waals surface area (Å²) in [4.78, 5) is 14.3. The maximum Gasteiger partial charge on any atom is 0.265 e. The van der Waals surface area contributed by atoms with Gasteiger partial charge in [-0.1, -0.05) is 0 Å². The Balaban J connectivity index is 2.34. The van der Waals surface area contributed by atoms with Gasteiger partial charge in [-0.3, -0.25) is 4.79 Å². The van der Waals surface area contributed by atoms with Gasteiger partial charge in [0.15, 0.2) is 0 Å². The molecule has 1 amide bonds. The number of fused-ring (bicyclic) bond motifs is 1. The summed E-state index contributed by atoms with van der Waals surface area (Å²) in [5, 5.41) is 3.59. The SMILES string of the molecule is CNCCN(C)C(=O)c1sc2ccc(F)cc2c1N. The first-order valence-electron chi connectivity index (χ1n) is 5.92. The molecule has 0 aliphatic rings. The van der Waals surface area contributed by atoms with Crippen molar-refractivity contribution >= 4 is 33.0 Å². The predicted molar refractivity (Wildman–Crippen MR) is 77.1 cm³/mol. The lowest BCUT2D eigenvalue weighted by Crippen LogP contribution is -2.32. The monoisotopic (exact) mass is 281 g/mol. The zero-order valence-electron chi connectivity index (χ0n) is 10.9. The van der Waals surface area contributed by atoms with Crippen molar-refractivity contribution in [2.75, 3.05) is 32.9 Å². The highest BCUT2D eigenvalue weighted by Gasteiger charge is 2.19. The van der Waals surface area contributed by atoms with Gasteiger partial charge >= 0.3 is 0 Å². The number of likely N-dealkylation sites (N-methyl/N-ethyl adjacent to an activating group) is 2. The van der Waals surface area contributed by atoms with Gasteiger partial charge in [0, 0.05) is 30.2 Å². The van der Waals surface area contributed by atoms with Crippen LogP contribution in [0.1, 0.15) is 9.67 Å². The molecule has 1 aromatic carbocycles. The van der Waals surface area contributed by atoms with Gasteiger partial charge in [-0.15, -0.1) is 11.3 Å². The number of nitrogens with one attached hydrogen (secondary N) is 1. The molecule has 102 valence electrons. The van der Waals surface area contributed by atoms with Crippen molar-refractivity contribution in [1.29, 1.82) is 0 Å². The molecule has 3 N–H and O–H groups in total. The molecule has 0 aliphatic heterocycles. The van der Waals surface area contributed by atoms with Crippen LogP contribution in [0, 0.1) is 5.82 Å². The van der Waals surface area contributed by atoms with Crippen molar-refractivity contribution in [3.63, 3.8) is 0 Å². The summed E-state index contributed by atoms with van der Waals surface area (Å²) >= 11 is 1.30. The van der Waals surface area contributed by atoms with Crippen LogP contribution in [0.5, 0.6) is 0 Å². The minimum absolute atomic E-state index is 0.130. The average molecular weight is 281 g/mol. The Kier molecular flexibility index (Phi) is 4.01. The van der Waals surface area contributed by atoms with Crippen LogP contribution in [-0.4, -0.2) is 38.0 Å². The number of anilines is 1. The number of carbonyl (C=O) groups excluding carboxylic acids is 1. The van der Waals surface area contributed by atoms with Crippen molar-refractivity contribution in [2.45, 2.75) is 0 Å². The van der Waals surface area contributed by atoms with E-state index in [1.807, 2.05) is 7.05 Å². The minimum atomic E-state index is -0.348. The third-order valence-electron chi connectivity index (χ3n) is 2.93. The van der Waals surface area contributed by atoms with E-state index in [9.17, 15) is 9.18 Å². The fourth-order valence-corrected chi connectivity index (χ4v) is 2.90. The quantitative estimate of drug-likeness (QED) is 0.900. The highest BCUT2D eigenvalue weighted by atomic mass is 32.1. The minimum Gasteiger partial charge on any atom is -0.397 e. The van der Waals surface area contributed by atoms with Crippen molar-refractivity contribution in [3.8, 4) is 0 Å². The molecular weight excluding hydrogens is 265 g/mol. The Morgan fingerprint density at radius 1 is 1.53 bits per heavy atom. The number of amides is 1. The van der Waals surface area contributed by atoms with E-state index in [2.05, 4.69) is 5.32 Å². The zero-order chi connectivity index (χ0) is 14.0. The van der Waals surface area contributed by atoms with Crippen LogP contribution in [0.3, 0.4) is 0 Å². The van der Waals surface area contributed by atoms with Gasteiger partial charge in [-0.2, -0.15) is 0 Å². The van der Waals surface area contributed by atoms with Gasteiger partial charge in [0.2, 0.25) is 0 Å². The van der Waals surface area contributed by atoms with E-state index in [-0.39, 0.29) is 11.7 Å². The van der Waals surface area contributed by atoms with E-state index in [1.54, 1.807) is 18.0 Å². The van der Waals surface area contributed by atoms with Crippen molar-refractivity contribution in [2.24, 2.45) is 0 Å². The number of nitrogen functional groups attached to an aromatic ring is 1. The molecule has 19 heavy (non-hydrogen) atoms. The van der Waals surface area contributed by atoms with E-state index >= 15 is 0 Å². The number of halogens is 1. The number of thiophene rings is 1. The zero-order valence-corrected chi connectivity index (χ0v) is 11.7. The van der Waals surface area contributed by atoms with E-state index < -0.39 is 0 Å². The Morgan fingerprint density at radius 3 is 2.95 bits per heavy atom. The molecule has 2 rings (SSSR count). The molecule has 0 aliphatic carbocycles. The molecule has 0 saturated carbocycles. The molecule has 6 heteroatoms. The highest BCUT2D eigenvalue weighted by Crippen LogP contribution is 2.34. The highest BCUT2D eigenvalue weighted by molar-refractivity contribution is 7.21. The number of hydrogen-bond donors (Lipinski definition) is 2. The topological polar surface area (TPSA) is 58.4 Å². The molecular formula is C13H16FN3OS. The van der Waals surface area contributed by atoms with E-state index in [1.165, 1.54) is 23.5 Å². The van der Waals surface area contributed by atoms with Crippen LogP contribution in [0.25, 0.3) is 10.1 Å². The largest absolute Gasteiger partial charge is 0.397 e. The maximum atomic E-state index is 13.2. The van der Waals surface area contributed by atoms with E-state index in [4.69, 9.17) is 5.73 Å². The first-order valence-corrected chi connectivity index (χ1v) is 6.74. The molecule has 0 fully saturated rings. The Morgan fingerprint density at radius 2 is 2.26 bits per heavy atom. The van der Waals surface area contributed by atoms with Crippen LogP contribution < -0.4 is 11.1 Å². The Bertz CT molecular complexity index is 611. The first-order chi connectivity index (χ1) is 9.04. The number of benzene rings is 1. The summed E-state index contributed by atoms with van der Waals surface area (Å²) in [5.41, 5.74) is 6.32. The summed E-state index contributed by atoms with van der Waals surface area (Å²) in [7, 11) is 3.55. The molecule has 0 bridgehead atoms. The summed E-state index contributed by atoms with van der Waals surface area (Å²) in [5.74, 6) is -0.478. The normalized spacial score (nSPS) is 10.9. The summed E-state index contributed by atoms with van der Waals surface area (Å²) in [6.07, 6.45) is 0. The van der Waals surface area contributed by atoms with E-state index in [0.29, 0.717) is 29.0 Å². The maximum absolute atomic E-state index is 13.2. The lowest BCUT2D eigenvalue weighted by Gasteiger charge is -2.16. The lowest BCUT2D eigenvalue weighted by atomic mass is 10.2. The van der Waals surface area contributed by atoms with Gasteiger partial charge in [-0.25, -0.2) is 4.39 Å². The number of nitrogens with two attached hydrogens (primary N) is 1. The van der Waals surface area contributed by atoms with Crippen LogP contribution in [0.15, 0.2) is 18.2 Å². The smallest absolute Gasteiger partial charge is 0.265 e. The summed E-state index contributed by atoms with van der Waals surface area (Å²) in [6.45, 7) is 1.30. The molecule has 0 radical (unpaired) electrons.